The van der Waals surface area contributed by atoms with Crippen molar-refractivity contribution in [2.75, 3.05) is 23.3 Å². The summed E-state index contributed by atoms with van der Waals surface area (Å²) in [5, 5.41) is 14.7. The number of benzene rings is 2. The number of pyridine rings is 1. The van der Waals surface area contributed by atoms with Gasteiger partial charge in [-0.05, 0) is 67.1 Å². The summed E-state index contributed by atoms with van der Waals surface area (Å²) in [6.07, 6.45) is -3.15. The van der Waals surface area contributed by atoms with E-state index >= 15 is 0 Å². The third-order valence-electron chi connectivity index (χ3n) is 6.93. The fourth-order valence-electron chi connectivity index (χ4n) is 5.07. The molecular formula is C27H28ClF3N4O2. The summed E-state index contributed by atoms with van der Waals surface area (Å²) in [6, 6.07) is 13.3. The van der Waals surface area contributed by atoms with Gasteiger partial charge in [-0.1, -0.05) is 25.4 Å². The Hall–Kier alpha value is -3.38. The van der Waals surface area contributed by atoms with E-state index in [1.807, 2.05) is 0 Å². The maximum atomic E-state index is 13.0. The number of hydrogen-bond acceptors (Lipinski definition) is 5. The average Bonchev–Trinajstić information content (AvgIpc) is 2.82. The van der Waals surface area contributed by atoms with Crippen LogP contribution in [0.25, 0.3) is 10.9 Å². The lowest BCUT2D eigenvalue weighted by Crippen LogP contribution is -2.41. The van der Waals surface area contributed by atoms with E-state index in [1.165, 1.54) is 16.7 Å². The first kappa shape index (κ1) is 26.7. The van der Waals surface area contributed by atoms with Gasteiger partial charge in [-0.15, -0.1) is 13.2 Å². The van der Waals surface area contributed by atoms with E-state index in [0.29, 0.717) is 29.3 Å². The van der Waals surface area contributed by atoms with Crippen molar-refractivity contribution in [3.63, 3.8) is 0 Å². The van der Waals surface area contributed by atoms with Gasteiger partial charge in [-0.3, -0.25) is 4.79 Å². The lowest BCUT2D eigenvalue weighted by molar-refractivity contribution is -0.274. The molecule has 0 bridgehead atoms. The van der Waals surface area contributed by atoms with Crippen LogP contribution in [0.3, 0.4) is 0 Å². The smallest absolute Gasteiger partial charge is 0.406 e. The summed E-state index contributed by atoms with van der Waals surface area (Å²) in [7, 11) is 1.65. The molecule has 2 aromatic carbocycles. The second kappa shape index (κ2) is 10.5. The van der Waals surface area contributed by atoms with E-state index in [4.69, 9.17) is 11.6 Å². The Labute approximate surface area is 218 Å². The normalized spacial score (nSPS) is 20.7. The molecule has 1 N–H and O–H groups in total. The van der Waals surface area contributed by atoms with Gasteiger partial charge in [-0.25, -0.2) is 0 Å². The van der Waals surface area contributed by atoms with E-state index < -0.39 is 6.36 Å². The molecule has 6 nitrogen and oxygen atoms in total. The van der Waals surface area contributed by atoms with Crippen LogP contribution >= 0.6 is 11.6 Å². The number of alkyl halides is 3. The van der Waals surface area contributed by atoms with Crippen LogP contribution in [0.2, 0.25) is 5.02 Å². The zero-order valence-corrected chi connectivity index (χ0v) is 21.5. The standard InChI is InChI=1S/C27H28ClF3N4O2/c1-16-12-23(33-19-5-7-20(8-6-19)37-27(29,30)31)17(2)10-11-35(15-16)25-21-13-18(28)4-9-24(21)34(3)26(36)22(25)14-32/h4-9,13,16-17,23,33H,10-12,15H2,1-3H3. The molecule has 1 saturated heterocycles. The van der Waals surface area contributed by atoms with Crippen molar-refractivity contribution >= 4 is 33.9 Å². The van der Waals surface area contributed by atoms with Crippen LogP contribution in [-0.2, 0) is 7.05 Å². The molecule has 37 heavy (non-hydrogen) atoms. The van der Waals surface area contributed by atoms with E-state index in [1.54, 1.807) is 37.4 Å². The predicted molar refractivity (Wildman–Crippen MR) is 139 cm³/mol. The number of halogens is 4. The molecule has 1 fully saturated rings. The van der Waals surface area contributed by atoms with Crippen LogP contribution in [0.15, 0.2) is 47.3 Å². The summed E-state index contributed by atoms with van der Waals surface area (Å²) in [5.74, 6) is 0.142. The number of anilines is 2. The minimum Gasteiger partial charge on any atom is -0.406 e. The Morgan fingerprint density at radius 3 is 2.51 bits per heavy atom. The van der Waals surface area contributed by atoms with Gasteiger partial charge in [0.1, 0.15) is 17.4 Å². The maximum Gasteiger partial charge on any atom is 0.573 e. The van der Waals surface area contributed by atoms with Gasteiger partial charge >= 0.3 is 6.36 Å². The van der Waals surface area contributed by atoms with Crippen molar-refractivity contribution in [1.82, 2.24) is 4.57 Å². The van der Waals surface area contributed by atoms with Gasteiger partial charge in [0.15, 0.2) is 0 Å². The topological polar surface area (TPSA) is 70.3 Å². The summed E-state index contributed by atoms with van der Waals surface area (Å²) in [5.41, 5.74) is 1.81. The molecule has 1 aliphatic rings. The Morgan fingerprint density at radius 1 is 1.16 bits per heavy atom. The summed E-state index contributed by atoms with van der Waals surface area (Å²) in [4.78, 5) is 15.1. The molecule has 0 saturated carbocycles. The maximum absolute atomic E-state index is 13.0. The number of nitrogens with one attached hydrogen (secondary N) is 1. The summed E-state index contributed by atoms with van der Waals surface area (Å²) >= 11 is 6.30. The first-order chi connectivity index (χ1) is 17.5. The Balaban J connectivity index is 1.58. The minimum absolute atomic E-state index is 0.0943. The van der Waals surface area contributed by atoms with Crippen LogP contribution in [0.5, 0.6) is 5.75 Å². The van der Waals surface area contributed by atoms with Crippen molar-refractivity contribution in [2.45, 2.75) is 39.1 Å². The SMILES string of the molecule is CC1CC(Nc2ccc(OC(F)(F)F)cc2)C(C)CCN(c2c(C#N)c(=O)n(C)c3ccc(Cl)cc23)C1. The van der Waals surface area contributed by atoms with Crippen molar-refractivity contribution in [3.05, 3.63) is 63.4 Å². The van der Waals surface area contributed by atoms with Crippen LogP contribution in [0, 0.1) is 23.2 Å². The van der Waals surface area contributed by atoms with E-state index in [0.717, 1.165) is 23.9 Å². The molecule has 4 rings (SSSR count). The van der Waals surface area contributed by atoms with Crippen LogP contribution in [-0.4, -0.2) is 30.1 Å². The van der Waals surface area contributed by atoms with Gasteiger partial charge in [-0.2, -0.15) is 5.26 Å². The van der Waals surface area contributed by atoms with E-state index in [9.17, 15) is 23.2 Å². The minimum atomic E-state index is -4.73. The molecule has 3 atom stereocenters. The summed E-state index contributed by atoms with van der Waals surface area (Å²) in [6.45, 7) is 5.50. The van der Waals surface area contributed by atoms with Crippen molar-refractivity contribution < 1.29 is 17.9 Å². The van der Waals surface area contributed by atoms with Crippen molar-refractivity contribution in [3.8, 4) is 11.8 Å². The highest BCUT2D eigenvalue weighted by molar-refractivity contribution is 6.31. The first-order valence-electron chi connectivity index (χ1n) is 12.1. The molecular weight excluding hydrogens is 505 g/mol. The molecule has 3 aromatic rings. The molecule has 1 aromatic heterocycles. The van der Waals surface area contributed by atoms with Gasteiger partial charge < -0.3 is 19.5 Å². The number of nitrogens with zero attached hydrogens (tertiary/aromatic N) is 3. The number of fused-ring (bicyclic) bond motifs is 1. The Kier molecular flexibility index (Phi) is 7.60. The van der Waals surface area contributed by atoms with E-state index in [2.05, 4.69) is 34.9 Å². The molecule has 196 valence electrons. The number of aryl methyl sites for hydroxylation is 1. The van der Waals surface area contributed by atoms with Crippen LogP contribution in [0.4, 0.5) is 24.5 Å². The monoisotopic (exact) mass is 532 g/mol. The zero-order valence-electron chi connectivity index (χ0n) is 20.8. The number of rotatable bonds is 4. The number of nitriles is 1. The molecule has 2 heterocycles. The molecule has 3 unspecified atom stereocenters. The Bertz CT molecular complexity index is 1380. The quantitative estimate of drug-likeness (QED) is 0.426. The molecule has 1 aliphatic heterocycles. The summed E-state index contributed by atoms with van der Waals surface area (Å²) < 4.78 is 42.8. The van der Waals surface area contributed by atoms with Gasteiger partial charge in [0.05, 0.1) is 11.2 Å². The fourth-order valence-corrected chi connectivity index (χ4v) is 5.24. The molecule has 0 amide bonds. The second-order valence-electron chi connectivity index (χ2n) is 9.74. The Morgan fingerprint density at radius 2 is 1.86 bits per heavy atom. The van der Waals surface area contributed by atoms with Crippen molar-refractivity contribution in [1.29, 1.82) is 5.26 Å². The highest BCUT2D eigenvalue weighted by Gasteiger charge is 2.31. The number of ether oxygens (including phenoxy) is 1. The molecule has 10 heteroatoms. The van der Waals surface area contributed by atoms with Gasteiger partial charge in [0, 0.05) is 42.3 Å². The van der Waals surface area contributed by atoms with Crippen molar-refractivity contribution in [2.24, 2.45) is 18.9 Å². The number of aromatic nitrogens is 1. The largest absolute Gasteiger partial charge is 0.573 e. The lowest BCUT2D eigenvalue weighted by atomic mass is 9.87. The highest BCUT2D eigenvalue weighted by Crippen LogP contribution is 2.34. The number of hydrogen-bond donors (Lipinski definition) is 1. The third kappa shape index (κ3) is 5.96. The third-order valence-corrected chi connectivity index (χ3v) is 7.16. The van der Waals surface area contributed by atoms with Crippen LogP contribution in [0.1, 0.15) is 32.3 Å². The average molecular weight is 533 g/mol. The molecule has 0 aliphatic carbocycles. The van der Waals surface area contributed by atoms with Gasteiger partial charge in [0.2, 0.25) is 0 Å². The van der Waals surface area contributed by atoms with Crippen LogP contribution < -0.4 is 20.5 Å². The molecule has 0 radical (unpaired) electrons. The first-order valence-corrected chi connectivity index (χ1v) is 12.4. The lowest BCUT2D eigenvalue weighted by Gasteiger charge is -2.37. The zero-order chi connectivity index (χ0) is 26.9. The predicted octanol–water partition coefficient (Wildman–Crippen LogP) is 6.32. The van der Waals surface area contributed by atoms with Gasteiger partial charge in [0.25, 0.3) is 5.56 Å². The fraction of sp³-hybridized carbons (Fsp3) is 0.407. The highest BCUT2D eigenvalue weighted by atomic mass is 35.5. The second-order valence-corrected chi connectivity index (χ2v) is 10.2. The van der Waals surface area contributed by atoms with E-state index in [-0.39, 0.29) is 34.7 Å². The molecule has 0 spiro atoms.